The van der Waals surface area contributed by atoms with Gasteiger partial charge in [-0.15, -0.1) is 0 Å². The Morgan fingerprint density at radius 1 is 1.38 bits per heavy atom. The fraction of sp³-hybridized carbons (Fsp3) is 0.375. The molecule has 1 aromatic carbocycles. The van der Waals surface area contributed by atoms with Crippen LogP contribution >= 0.6 is 15.9 Å². The second-order valence-electron chi connectivity index (χ2n) is 5.63. The molecule has 4 nitrogen and oxygen atoms in total. The van der Waals surface area contributed by atoms with Crippen LogP contribution in [0.25, 0.3) is 0 Å². The predicted molar refractivity (Wildman–Crippen MR) is 86.3 cm³/mol. The zero-order chi connectivity index (χ0) is 15.0. The molecule has 21 heavy (non-hydrogen) atoms. The van der Waals surface area contributed by atoms with Crippen molar-refractivity contribution in [3.05, 3.63) is 61.2 Å². The van der Waals surface area contributed by atoms with Crippen molar-refractivity contribution in [3.63, 3.8) is 0 Å². The molecule has 1 aromatic heterocycles. The molecular formula is C16H18BrN3O. The Kier molecular flexibility index (Phi) is 3.95. The van der Waals surface area contributed by atoms with Crippen molar-refractivity contribution in [1.82, 2.24) is 14.9 Å². The van der Waals surface area contributed by atoms with Crippen LogP contribution in [0.15, 0.2) is 27.5 Å². The first-order chi connectivity index (χ1) is 10.0. The molecule has 0 fully saturated rings. The quantitative estimate of drug-likeness (QED) is 0.908. The van der Waals surface area contributed by atoms with Gasteiger partial charge in [-0.25, -0.2) is 4.98 Å². The van der Waals surface area contributed by atoms with Crippen LogP contribution in [0, 0.1) is 13.8 Å². The molecule has 0 saturated heterocycles. The van der Waals surface area contributed by atoms with Gasteiger partial charge in [0.15, 0.2) is 0 Å². The summed E-state index contributed by atoms with van der Waals surface area (Å²) in [5.74, 6) is 0.692. The highest BCUT2D eigenvalue weighted by Gasteiger charge is 2.21. The second kappa shape index (κ2) is 5.73. The van der Waals surface area contributed by atoms with Gasteiger partial charge in [-0.3, -0.25) is 9.69 Å². The summed E-state index contributed by atoms with van der Waals surface area (Å²) in [7, 11) is 0. The summed E-state index contributed by atoms with van der Waals surface area (Å²) in [6.45, 7) is 6.41. The molecule has 110 valence electrons. The molecule has 3 rings (SSSR count). The summed E-state index contributed by atoms with van der Waals surface area (Å²) in [6.07, 6.45) is 0.765. The zero-order valence-corrected chi connectivity index (χ0v) is 13.8. The number of aromatic amines is 1. The number of H-pyrrole nitrogens is 1. The van der Waals surface area contributed by atoms with Crippen molar-refractivity contribution in [3.8, 4) is 0 Å². The molecule has 0 spiro atoms. The van der Waals surface area contributed by atoms with Gasteiger partial charge in [0.2, 0.25) is 0 Å². The minimum atomic E-state index is 0.0219. The van der Waals surface area contributed by atoms with Crippen molar-refractivity contribution < 1.29 is 0 Å². The summed E-state index contributed by atoms with van der Waals surface area (Å²) in [4.78, 5) is 21.5. The van der Waals surface area contributed by atoms with Gasteiger partial charge in [0.25, 0.3) is 5.56 Å². The average Bonchev–Trinajstić information content (AvgIpc) is 2.41. The number of nitrogens with one attached hydrogen (secondary N) is 1. The largest absolute Gasteiger partial charge is 0.311 e. The SMILES string of the molecule is Cc1ccc(CN2CCc3c(nc(C)[nH]c3=O)C2)c(Br)c1. The van der Waals surface area contributed by atoms with E-state index in [0.29, 0.717) is 5.82 Å². The van der Waals surface area contributed by atoms with Crippen LogP contribution < -0.4 is 5.56 Å². The van der Waals surface area contributed by atoms with Gasteiger partial charge in [-0.05, 0) is 37.5 Å². The third-order valence-electron chi connectivity index (χ3n) is 3.87. The van der Waals surface area contributed by atoms with Crippen LogP contribution in [0.1, 0.15) is 28.2 Å². The monoisotopic (exact) mass is 347 g/mol. The maximum Gasteiger partial charge on any atom is 0.254 e. The number of nitrogens with zero attached hydrogens (tertiary/aromatic N) is 2. The van der Waals surface area contributed by atoms with Crippen molar-refractivity contribution in [1.29, 1.82) is 0 Å². The highest BCUT2D eigenvalue weighted by Crippen LogP contribution is 2.22. The Labute approximate surface area is 132 Å². The molecule has 1 N–H and O–H groups in total. The summed E-state index contributed by atoms with van der Waals surface area (Å²) in [6, 6.07) is 6.43. The molecule has 0 aliphatic carbocycles. The van der Waals surface area contributed by atoms with Crippen LogP contribution in [-0.2, 0) is 19.5 Å². The highest BCUT2D eigenvalue weighted by molar-refractivity contribution is 9.10. The molecule has 0 amide bonds. The van der Waals surface area contributed by atoms with E-state index in [1.807, 2.05) is 6.92 Å². The number of rotatable bonds is 2. The minimum Gasteiger partial charge on any atom is -0.311 e. The highest BCUT2D eigenvalue weighted by atomic mass is 79.9. The lowest BCUT2D eigenvalue weighted by molar-refractivity contribution is 0.239. The molecular weight excluding hydrogens is 330 g/mol. The van der Waals surface area contributed by atoms with Gasteiger partial charge >= 0.3 is 0 Å². The Hall–Kier alpha value is -1.46. The summed E-state index contributed by atoms with van der Waals surface area (Å²) >= 11 is 3.63. The molecule has 0 unspecified atom stereocenters. The molecule has 1 aliphatic heterocycles. The minimum absolute atomic E-state index is 0.0219. The normalized spacial score (nSPS) is 15.0. The van der Waals surface area contributed by atoms with E-state index >= 15 is 0 Å². The first kappa shape index (κ1) is 14.5. The molecule has 0 radical (unpaired) electrons. The lowest BCUT2D eigenvalue weighted by Crippen LogP contribution is -2.35. The number of aryl methyl sites for hydroxylation is 2. The average molecular weight is 348 g/mol. The Balaban J connectivity index is 1.82. The van der Waals surface area contributed by atoms with Crippen LogP contribution in [0.2, 0.25) is 0 Å². The van der Waals surface area contributed by atoms with Crippen molar-refractivity contribution in [2.45, 2.75) is 33.4 Å². The molecule has 0 saturated carbocycles. The fourth-order valence-corrected chi connectivity index (χ4v) is 3.39. The van der Waals surface area contributed by atoms with Crippen LogP contribution in [0.5, 0.6) is 0 Å². The summed E-state index contributed by atoms with van der Waals surface area (Å²) < 4.78 is 1.14. The first-order valence-corrected chi connectivity index (χ1v) is 7.88. The van der Waals surface area contributed by atoms with Crippen molar-refractivity contribution in [2.24, 2.45) is 0 Å². The van der Waals surface area contributed by atoms with E-state index < -0.39 is 0 Å². The maximum atomic E-state index is 11.9. The zero-order valence-electron chi connectivity index (χ0n) is 12.2. The lowest BCUT2D eigenvalue weighted by Gasteiger charge is -2.28. The van der Waals surface area contributed by atoms with Crippen LogP contribution in [0.4, 0.5) is 0 Å². The number of benzene rings is 1. The first-order valence-electron chi connectivity index (χ1n) is 7.09. The lowest BCUT2D eigenvalue weighted by atomic mass is 10.1. The third kappa shape index (κ3) is 3.09. The number of hydrogen-bond donors (Lipinski definition) is 1. The van der Waals surface area contributed by atoms with Crippen molar-refractivity contribution in [2.75, 3.05) is 6.54 Å². The molecule has 5 heteroatoms. The van der Waals surface area contributed by atoms with E-state index in [0.717, 1.165) is 41.8 Å². The van der Waals surface area contributed by atoms with Gasteiger partial charge in [0, 0.05) is 29.7 Å². The third-order valence-corrected chi connectivity index (χ3v) is 4.61. The van der Waals surface area contributed by atoms with E-state index in [1.54, 1.807) is 0 Å². The van der Waals surface area contributed by atoms with E-state index in [1.165, 1.54) is 11.1 Å². The van der Waals surface area contributed by atoms with E-state index in [9.17, 15) is 4.79 Å². The van der Waals surface area contributed by atoms with Crippen LogP contribution in [0.3, 0.4) is 0 Å². The Bertz CT molecular complexity index is 739. The summed E-state index contributed by atoms with van der Waals surface area (Å²) in [5.41, 5.74) is 4.31. The molecule has 2 heterocycles. The summed E-state index contributed by atoms with van der Waals surface area (Å²) in [5, 5.41) is 0. The number of hydrogen-bond acceptors (Lipinski definition) is 3. The van der Waals surface area contributed by atoms with Crippen molar-refractivity contribution >= 4 is 15.9 Å². The smallest absolute Gasteiger partial charge is 0.254 e. The van der Waals surface area contributed by atoms with E-state index in [-0.39, 0.29) is 5.56 Å². The molecule has 2 aromatic rings. The van der Waals surface area contributed by atoms with Gasteiger partial charge in [0.1, 0.15) is 5.82 Å². The van der Waals surface area contributed by atoms with Gasteiger partial charge in [-0.1, -0.05) is 28.1 Å². The number of fused-ring (bicyclic) bond motifs is 1. The Morgan fingerprint density at radius 2 is 2.19 bits per heavy atom. The number of aromatic nitrogens is 2. The topological polar surface area (TPSA) is 49.0 Å². The molecule has 0 atom stereocenters. The predicted octanol–water partition coefficient (Wildman–Crippen LogP) is 2.71. The van der Waals surface area contributed by atoms with Crippen LogP contribution in [-0.4, -0.2) is 21.4 Å². The standard InChI is InChI=1S/C16H18BrN3O/c1-10-3-4-12(14(17)7-10)8-20-6-5-13-15(9-20)18-11(2)19-16(13)21/h3-4,7H,5-6,8-9H2,1-2H3,(H,18,19,21). The van der Waals surface area contributed by atoms with E-state index in [2.05, 4.69) is 55.9 Å². The van der Waals surface area contributed by atoms with Gasteiger partial charge < -0.3 is 4.98 Å². The molecule has 1 aliphatic rings. The fourth-order valence-electron chi connectivity index (χ4n) is 2.77. The second-order valence-corrected chi connectivity index (χ2v) is 6.49. The Morgan fingerprint density at radius 3 is 2.95 bits per heavy atom. The van der Waals surface area contributed by atoms with Gasteiger partial charge in [-0.2, -0.15) is 0 Å². The van der Waals surface area contributed by atoms with E-state index in [4.69, 9.17) is 0 Å². The maximum absolute atomic E-state index is 11.9. The van der Waals surface area contributed by atoms with Gasteiger partial charge in [0.05, 0.1) is 5.69 Å². The molecule has 0 bridgehead atoms. The number of halogens is 1.